The third-order valence-corrected chi connectivity index (χ3v) is 7.09. The monoisotopic (exact) mass is 669 g/mol. The molecule has 0 aromatic carbocycles. The second kappa shape index (κ2) is 23.6. The molecule has 7 atom stereocenters. The summed E-state index contributed by atoms with van der Waals surface area (Å²) < 4.78 is 0. The van der Waals surface area contributed by atoms with Crippen molar-refractivity contribution in [3.8, 4) is 0 Å². The van der Waals surface area contributed by atoms with E-state index in [-0.39, 0.29) is 94.0 Å². The lowest BCUT2D eigenvalue weighted by Gasteiger charge is -2.24. The van der Waals surface area contributed by atoms with Crippen LogP contribution >= 0.6 is 0 Å². The Morgan fingerprint density at radius 1 is 0.574 bits per heavy atom. The Morgan fingerprint density at radius 2 is 1.00 bits per heavy atom. The van der Waals surface area contributed by atoms with E-state index in [1.165, 1.54) is 34.7 Å². The Morgan fingerprint density at radius 3 is 1.51 bits per heavy atom. The van der Waals surface area contributed by atoms with Crippen molar-refractivity contribution in [3.63, 3.8) is 0 Å². The van der Waals surface area contributed by atoms with E-state index in [0.717, 1.165) is 0 Å². The van der Waals surface area contributed by atoms with E-state index in [2.05, 4.69) is 26.6 Å². The third kappa shape index (κ3) is 23.3. The maximum Gasteiger partial charge on any atom is 0.222 e. The van der Waals surface area contributed by atoms with E-state index in [9.17, 15) is 48.6 Å². The summed E-state index contributed by atoms with van der Waals surface area (Å²) >= 11 is 0. The van der Waals surface area contributed by atoms with Gasteiger partial charge >= 0.3 is 0 Å². The zero-order chi connectivity index (χ0) is 36.1. The minimum absolute atomic E-state index is 0.0193. The van der Waals surface area contributed by atoms with Gasteiger partial charge in [-0.1, -0.05) is 6.92 Å². The largest absolute Gasteiger partial charge is 0.393 e. The summed E-state index contributed by atoms with van der Waals surface area (Å²) in [6.45, 7) is 7.45. The van der Waals surface area contributed by atoms with E-state index in [1.54, 1.807) is 6.92 Å². The molecule has 0 rings (SSSR count). The molecular formula is C32H55N5O10. The van der Waals surface area contributed by atoms with Gasteiger partial charge in [0.05, 0.1) is 12.2 Å². The molecule has 0 radical (unpaired) electrons. The molecule has 15 heteroatoms. The number of carbonyl (C=O) groups is 8. The molecule has 0 saturated heterocycles. The fourth-order valence-corrected chi connectivity index (χ4v) is 5.16. The van der Waals surface area contributed by atoms with Gasteiger partial charge in [-0.25, -0.2) is 0 Å². The number of ketones is 2. The molecule has 0 spiro atoms. The summed E-state index contributed by atoms with van der Waals surface area (Å²) in [7, 11) is 1.50. The second-order valence-corrected chi connectivity index (χ2v) is 12.6. The SMILES string of the molecule is CNC(=O)CC(C)CC(=O)NC(CC(C)=O)CC(=O)NC(CCC(=O)NC(CC(=O)NC(CC=O)CC(C)=O)CC(C)O)C[C@@H](C)O. The Bertz CT molecular complexity index is 1060. The minimum Gasteiger partial charge on any atom is -0.393 e. The number of aliphatic hydroxyl groups excluding tert-OH is 2. The summed E-state index contributed by atoms with van der Waals surface area (Å²) in [6.07, 6.45) is -1.27. The van der Waals surface area contributed by atoms with Gasteiger partial charge < -0.3 is 41.6 Å². The highest BCUT2D eigenvalue weighted by molar-refractivity contribution is 5.84. The average Bonchev–Trinajstić information content (AvgIpc) is 2.89. The van der Waals surface area contributed by atoms with Crippen LogP contribution in [0.15, 0.2) is 0 Å². The predicted molar refractivity (Wildman–Crippen MR) is 173 cm³/mol. The van der Waals surface area contributed by atoms with Crippen molar-refractivity contribution >= 4 is 47.4 Å². The molecule has 0 aliphatic rings. The summed E-state index contributed by atoms with van der Waals surface area (Å²) in [5.74, 6) is -2.78. The molecule has 0 aromatic heterocycles. The van der Waals surface area contributed by atoms with Gasteiger partial charge in [-0.3, -0.25) is 33.6 Å². The number of carbonyl (C=O) groups excluding carboxylic acids is 8. The van der Waals surface area contributed by atoms with Gasteiger partial charge in [-0.15, -0.1) is 0 Å². The van der Waals surface area contributed by atoms with Crippen molar-refractivity contribution in [1.29, 1.82) is 0 Å². The van der Waals surface area contributed by atoms with Crippen molar-refractivity contribution in [2.24, 2.45) is 5.92 Å². The van der Waals surface area contributed by atoms with E-state index >= 15 is 0 Å². The zero-order valence-electron chi connectivity index (χ0n) is 28.6. The van der Waals surface area contributed by atoms with Crippen LogP contribution in [0.25, 0.3) is 0 Å². The molecule has 268 valence electrons. The maximum absolute atomic E-state index is 13.0. The number of nitrogens with one attached hydrogen (secondary N) is 5. The zero-order valence-corrected chi connectivity index (χ0v) is 28.6. The molecule has 0 heterocycles. The highest BCUT2D eigenvalue weighted by atomic mass is 16.3. The summed E-state index contributed by atoms with van der Waals surface area (Å²) in [5.41, 5.74) is 0. The standard InChI is InChI=1S/C32H55N5O10/c1-19(11-29(44)33-6)12-30(45)37-27(16-23(5)42)18-31(46)34-24(13-20(2)39)7-8-28(43)36-26(15-22(4)41)17-32(47)35-25(9-10-38)14-21(3)40/h10,19-20,22,24-27,39,41H,7-9,11-18H2,1-6H3,(H,33,44)(H,34,46)(H,35,47)(H,36,43)(H,37,45)/t19?,20-,22?,24?,25?,26?,27?/m1/s1. The van der Waals surface area contributed by atoms with Crippen LogP contribution in [0.1, 0.15) is 105 Å². The molecular weight excluding hydrogens is 614 g/mol. The van der Waals surface area contributed by atoms with Crippen LogP contribution in [-0.2, 0) is 38.4 Å². The quantitative estimate of drug-likeness (QED) is 0.0629. The second-order valence-electron chi connectivity index (χ2n) is 12.6. The van der Waals surface area contributed by atoms with Gasteiger partial charge in [0.1, 0.15) is 17.9 Å². The van der Waals surface area contributed by atoms with Crippen LogP contribution < -0.4 is 26.6 Å². The van der Waals surface area contributed by atoms with Crippen LogP contribution in [0.4, 0.5) is 0 Å². The molecule has 7 N–H and O–H groups in total. The number of aldehydes is 1. The highest BCUT2D eigenvalue weighted by Crippen LogP contribution is 2.12. The van der Waals surface area contributed by atoms with Gasteiger partial charge in [0.2, 0.25) is 29.5 Å². The smallest absolute Gasteiger partial charge is 0.222 e. The number of rotatable bonds is 25. The first kappa shape index (κ1) is 43.3. The van der Waals surface area contributed by atoms with E-state index in [1.807, 2.05) is 0 Å². The lowest BCUT2D eigenvalue weighted by molar-refractivity contribution is -0.128. The average molecular weight is 670 g/mol. The molecule has 47 heavy (non-hydrogen) atoms. The number of hydrogen-bond acceptors (Lipinski definition) is 10. The maximum atomic E-state index is 13.0. The van der Waals surface area contributed by atoms with Crippen LogP contribution in [0, 0.1) is 5.92 Å². The van der Waals surface area contributed by atoms with Gasteiger partial charge in [-0.05, 0) is 52.9 Å². The first-order valence-corrected chi connectivity index (χ1v) is 16.1. The summed E-state index contributed by atoms with van der Waals surface area (Å²) in [6, 6.07) is -2.86. The third-order valence-electron chi connectivity index (χ3n) is 7.09. The Hall–Kier alpha value is -3.72. The Kier molecular flexibility index (Phi) is 21.7. The molecule has 0 saturated carbocycles. The lowest BCUT2D eigenvalue weighted by atomic mass is 10.0. The molecule has 0 aliphatic heterocycles. The van der Waals surface area contributed by atoms with Crippen LogP contribution in [0.5, 0.6) is 0 Å². The molecule has 5 amide bonds. The first-order valence-electron chi connectivity index (χ1n) is 16.1. The van der Waals surface area contributed by atoms with Crippen molar-refractivity contribution in [2.45, 2.75) is 142 Å². The normalized spacial score (nSPS) is 15.4. The first-order chi connectivity index (χ1) is 21.9. The molecule has 15 nitrogen and oxygen atoms in total. The van der Waals surface area contributed by atoms with Gasteiger partial charge in [0.25, 0.3) is 0 Å². The van der Waals surface area contributed by atoms with Crippen LogP contribution in [-0.4, -0.2) is 101 Å². The van der Waals surface area contributed by atoms with Crippen molar-refractivity contribution in [2.75, 3.05) is 7.05 Å². The van der Waals surface area contributed by atoms with E-state index in [0.29, 0.717) is 6.29 Å². The van der Waals surface area contributed by atoms with Crippen molar-refractivity contribution in [1.82, 2.24) is 26.6 Å². The highest BCUT2D eigenvalue weighted by Gasteiger charge is 2.25. The Labute approximate surface area is 277 Å². The number of amides is 5. The fourth-order valence-electron chi connectivity index (χ4n) is 5.16. The topological polar surface area (TPSA) is 237 Å². The summed E-state index contributed by atoms with van der Waals surface area (Å²) in [4.78, 5) is 96.8. The molecule has 6 unspecified atom stereocenters. The fraction of sp³-hybridized carbons (Fsp3) is 0.750. The van der Waals surface area contributed by atoms with Gasteiger partial charge in [-0.2, -0.15) is 0 Å². The lowest BCUT2D eigenvalue weighted by Crippen LogP contribution is -2.45. The van der Waals surface area contributed by atoms with Gasteiger partial charge in [0.15, 0.2) is 0 Å². The number of aliphatic hydroxyl groups is 2. The Balaban J connectivity index is 5.30. The molecule has 0 aromatic rings. The van der Waals surface area contributed by atoms with Gasteiger partial charge in [0, 0.05) is 82.6 Å². The molecule has 0 bridgehead atoms. The van der Waals surface area contributed by atoms with Crippen LogP contribution in [0.3, 0.4) is 0 Å². The van der Waals surface area contributed by atoms with E-state index in [4.69, 9.17) is 0 Å². The summed E-state index contributed by atoms with van der Waals surface area (Å²) in [5, 5.41) is 33.2. The number of hydrogen-bond donors (Lipinski definition) is 7. The number of Topliss-reactive ketones (excluding diaryl/α,β-unsaturated/α-hetero) is 2. The predicted octanol–water partition coefficient (Wildman–Crippen LogP) is -0.263. The van der Waals surface area contributed by atoms with E-state index < -0.39 is 60.0 Å². The molecule has 0 aliphatic carbocycles. The van der Waals surface area contributed by atoms with Crippen molar-refractivity contribution < 1.29 is 48.6 Å². The molecule has 0 fully saturated rings. The minimum atomic E-state index is -0.846. The van der Waals surface area contributed by atoms with Crippen molar-refractivity contribution in [3.05, 3.63) is 0 Å². The van der Waals surface area contributed by atoms with Crippen LogP contribution in [0.2, 0.25) is 0 Å².